The fourth-order valence-electron chi connectivity index (χ4n) is 1.48. The first kappa shape index (κ1) is 13.1. The van der Waals surface area contributed by atoms with Crippen molar-refractivity contribution in [2.75, 3.05) is 11.1 Å². The Morgan fingerprint density at radius 2 is 1.67 bits per heavy atom. The molecule has 2 aromatic carbocycles. The van der Waals surface area contributed by atoms with Crippen LogP contribution in [0.1, 0.15) is 10.4 Å². The number of nitrogen functional groups attached to an aromatic ring is 1. The van der Waals surface area contributed by atoms with Gasteiger partial charge in [0, 0.05) is 25.9 Å². The summed E-state index contributed by atoms with van der Waals surface area (Å²) < 4.78 is 1.75. The highest BCUT2D eigenvalue weighted by Gasteiger charge is 2.07. The number of carbonyl (C=O) groups excluding carboxylic acids is 1. The van der Waals surface area contributed by atoms with Gasteiger partial charge in [-0.2, -0.15) is 0 Å². The predicted molar refractivity (Wildman–Crippen MR) is 80.6 cm³/mol. The van der Waals surface area contributed by atoms with Gasteiger partial charge in [0.15, 0.2) is 0 Å². The number of hydrogen-bond donors (Lipinski definition) is 2. The van der Waals surface area contributed by atoms with Gasteiger partial charge in [0.1, 0.15) is 0 Å². The normalized spacial score (nSPS) is 10.1. The molecule has 3 N–H and O–H groups in total. The van der Waals surface area contributed by atoms with E-state index in [2.05, 4.69) is 37.2 Å². The molecule has 0 saturated carbocycles. The maximum Gasteiger partial charge on any atom is 0.255 e. The van der Waals surface area contributed by atoms with Crippen LogP contribution in [0.15, 0.2) is 51.4 Å². The van der Waals surface area contributed by atoms with E-state index in [9.17, 15) is 4.79 Å². The lowest BCUT2D eigenvalue weighted by atomic mass is 10.2. The molecule has 0 radical (unpaired) electrons. The minimum atomic E-state index is -0.190. The highest BCUT2D eigenvalue weighted by Crippen LogP contribution is 2.19. The second kappa shape index (κ2) is 5.54. The molecule has 18 heavy (non-hydrogen) atoms. The zero-order chi connectivity index (χ0) is 13.1. The molecule has 0 atom stereocenters. The smallest absolute Gasteiger partial charge is 0.255 e. The highest BCUT2D eigenvalue weighted by atomic mass is 79.9. The second-order valence-electron chi connectivity index (χ2n) is 3.73. The molecular weight excluding hydrogens is 360 g/mol. The maximum atomic E-state index is 12.0. The highest BCUT2D eigenvalue weighted by molar-refractivity contribution is 9.10. The van der Waals surface area contributed by atoms with E-state index in [-0.39, 0.29) is 5.91 Å². The van der Waals surface area contributed by atoms with E-state index in [1.165, 1.54) is 0 Å². The van der Waals surface area contributed by atoms with E-state index >= 15 is 0 Å². The van der Waals surface area contributed by atoms with Gasteiger partial charge in [0.05, 0.1) is 0 Å². The van der Waals surface area contributed by atoms with Gasteiger partial charge >= 0.3 is 0 Å². The monoisotopic (exact) mass is 368 g/mol. The van der Waals surface area contributed by atoms with Gasteiger partial charge in [-0.25, -0.2) is 0 Å². The van der Waals surface area contributed by atoms with Crippen LogP contribution in [-0.2, 0) is 0 Å². The molecule has 92 valence electrons. The molecule has 3 nitrogen and oxygen atoms in total. The molecule has 0 fully saturated rings. The molecule has 0 heterocycles. The van der Waals surface area contributed by atoms with Crippen molar-refractivity contribution < 1.29 is 4.79 Å². The third kappa shape index (κ3) is 3.34. The summed E-state index contributed by atoms with van der Waals surface area (Å²) in [4.78, 5) is 12.0. The Balaban J connectivity index is 2.19. The first-order valence-corrected chi connectivity index (χ1v) is 6.76. The topological polar surface area (TPSA) is 55.1 Å². The van der Waals surface area contributed by atoms with Crippen LogP contribution >= 0.6 is 31.9 Å². The van der Waals surface area contributed by atoms with Crippen molar-refractivity contribution in [3.63, 3.8) is 0 Å². The quantitative estimate of drug-likeness (QED) is 0.784. The van der Waals surface area contributed by atoms with E-state index in [0.717, 1.165) is 14.6 Å². The molecule has 5 heteroatoms. The average Bonchev–Trinajstić information content (AvgIpc) is 2.31. The second-order valence-corrected chi connectivity index (χ2v) is 5.57. The summed E-state index contributed by atoms with van der Waals surface area (Å²) >= 11 is 6.65. The largest absolute Gasteiger partial charge is 0.399 e. The van der Waals surface area contributed by atoms with E-state index in [1.54, 1.807) is 18.2 Å². The fourth-order valence-corrected chi connectivity index (χ4v) is 2.26. The van der Waals surface area contributed by atoms with Crippen molar-refractivity contribution in [1.82, 2.24) is 0 Å². The summed E-state index contributed by atoms with van der Waals surface area (Å²) in [5.74, 6) is -0.190. The standard InChI is InChI=1S/C13H10Br2N2O/c14-9-1-3-12(4-2-9)17-13(18)8-5-10(15)7-11(16)6-8/h1-7H,16H2,(H,17,18). The van der Waals surface area contributed by atoms with Crippen LogP contribution in [0.3, 0.4) is 0 Å². The lowest BCUT2D eigenvalue weighted by Crippen LogP contribution is -2.12. The minimum Gasteiger partial charge on any atom is -0.399 e. The summed E-state index contributed by atoms with van der Waals surface area (Å²) in [6.07, 6.45) is 0. The number of halogens is 2. The number of carbonyl (C=O) groups is 1. The molecule has 0 aliphatic heterocycles. The molecule has 0 aliphatic carbocycles. The molecule has 0 aromatic heterocycles. The Bertz CT molecular complexity index is 562. The minimum absolute atomic E-state index is 0.190. The lowest BCUT2D eigenvalue weighted by Gasteiger charge is -2.06. The van der Waals surface area contributed by atoms with E-state index < -0.39 is 0 Å². The van der Waals surface area contributed by atoms with Crippen molar-refractivity contribution in [3.05, 3.63) is 57.0 Å². The molecule has 0 aliphatic rings. The number of nitrogens with two attached hydrogens (primary N) is 1. The Kier molecular flexibility index (Phi) is 4.04. The summed E-state index contributed by atoms with van der Waals surface area (Å²) in [6.45, 7) is 0. The summed E-state index contributed by atoms with van der Waals surface area (Å²) in [5, 5.41) is 2.80. The molecule has 2 rings (SSSR count). The van der Waals surface area contributed by atoms with Crippen LogP contribution in [0.2, 0.25) is 0 Å². The Morgan fingerprint density at radius 3 is 2.28 bits per heavy atom. The molecular formula is C13H10Br2N2O. The number of nitrogens with one attached hydrogen (secondary N) is 1. The molecule has 0 bridgehead atoms. The maximum absolute atomic E-state index is 12.0. The van der Waals surface area contributed by atoms with E-state index in [4.69, 9.17) is 5.73 Å². The zero-order valence-corrected chi connectivity index (χ0v) is 12.5. The number of hydrogen-bond acceptors (Lipinski definition) is 2. The first-order valence-electron chi connectivity index (χ1n) is 5.17. The van der Waals surface area contributed by atoms with Crippen molar-refractivity contribution in [3.8, 4) is 0 Å². The summed E-state index contributed by atoms with van der Waals surface area (Å²) in [7, 11) is 0. The van der Waals surface area contributed by atoms with Crippen LogP contribution in [0.4, 0.5) is 11.4 Å². The number of anilines is 2. The third-order valence-electron chi connectivity index (χ3n) is 2.28. The van der Waals surface area contributed by atoms with Gasteiger partial charge < -0.3 is 11.1 Å². The number of rotatable bonds is 2. The van der Waals surface area contributed by atoms with Crippen molar-refractivity contribution in [2.24, 2.45) is 0 Å². The van der Waals surface area contributed by atoms with Crippen LogP contribution in [-0.4, -0.2) is 5.91 Å². The van der Waals surface area contributed by atoms with Crippen LogP contribution in [0, 0.1) is 0 Å². The van der Waals surface area contributed by atoms with Gasteiger partial charge in [0.2, 0.25) is 0 Å². The molecule has 0 saturated heterocycles. The number of benzene rings is 2. The van der Waals surface area contributed by atoms with Gasteiger partial charge in [-0.1, -0.05) is 31.9 Å². The van der Waals surface area contributed by atoms with Gasteiger partial charge in [-0.3, -0.25) is 4.79 Å². The molecule has 2 aromatic rings. The predicted octanol–water partition coefficient (Wildman–Crippen LogP) is 4.05. The fraction of sp³-hybridized carbons (Fsp3) is 0. The Morgan fingerprint density at radius 1 is 1.00 bits per heavy atom. The van der Waals surface area contributed by atoms with E-state index in [0.29, 0.717) is 11.3 Å². The zero-order valence-electron chi connectivity index (χ0n) is 9.28. The third-order valence-corrected chi connectivity index (χ3v) is 3.27. The van der Waals surface area contributed by atoms with Crippen molar-refractivity contribution in [1.29, 1.82) is 0 Å². The lowest BCUT2D eigenvalue weighted by molar-refractivity contribution is 0.102. The van der Waals surface area contributed by atoms with Crippen molar-refractivity contribution in [2.45, 2.75) is 0 Å². The SMILES string of the molecule is Nc1cc(Br)cc(C(=O)Nc2ccc(Br)cc2)c1. The Labute approximate surface area is 122 Å². The van der Waals surface area contributed by atoms with Gasteiger partial charge in [-0.15, -0.1) is 0 Å². The van der Waals surface area contributed by atoms with E-state index in [1.807, 2.05) is 24.3 Å². The molecule has 0 spiro atoms. The molecule has 1 amide bonds. The summed E-state index contributed by atoms with van der Waals surface area (Å²) in [5.41, 5.74) is 7.50. The Hall–Kier alpha value is -1.33. The first-order chi connectivity index (χ1) is 8.54. The van der Waals surface area contributed by atoms with Crippen LogP contribution < -0.4 is 11.1 Å². The number of amides is 1. The van der Waals surface area contributed by atoms with Crippen LogP contribution in [0.25, 0.3) is 0 Å². The average molecular weight is 370 g/mol. The van der Waals surface area contributed by atoms with Gasteiger partial charge in [-0.05, 0) is 42.5 Å². The summed E-state index contributed by atoms with van der Waals surface area (Å²) in [6, 6.07) is 12.5. The van der Waals surface area contributed by atoms with Gasteiger partial charge in [0.25, 0.3) is 5.91 Å². The van der Waals surface area contributed by atoms with Crippen LogP contribution in [0.5, 0.6) is 0 Å². The molecule has 0 unspecified atom stereocenters. The van der Waals surface area contributed by atoms with Crippen molar-refractivity contribution >= 4 is 49.1 Å².